The molecule has 4 fully saturated rings. The van der Waals surface area contributed by atoms with Gasteiger partial charge in [0.15, 0.2) is 0 Å². The molecule has 4 aliphatic rings. The molecular weight excluding hydrogens is 476 g/mol. The van der Waals surface area contributed by atoms with E-state index < -0.39 is 0 Å². The molecule has 1 saturated carbocycles. The Balaban J connectivity index is 0.000000298. The lowest BCUT2D eigenvalue weighted by Gasteiger charge is -2.35. The summed E-state index contributed by atoms with van der Waals surface area (Å²) in [6.45, 7) is 29.3. The van der Waals surface area contributed by atoms with Gasteiger partial charge in [-0.3, -0.25) is 0 Å². The summed E-state index contributed by atoms with van der Waals surface area (Å²) in [5.74, 6) is 5.12. The van der Waals surface area contributed by atoms with Crippen molar-refractivity contribution in [2.24, 2.45) is 41.4 Å². The van der Waals surface area contributed by atoms with E-state index in [1.165, 1.54) is 19.3 Å². The summed E-state index contributed by atoms with van der Waals surface area (Å²) >= 11 is 0. The number of ether oxygens (including phenoxy) is 5. The van der Waals surface area contributed by atoms with Gasteiger partial charge in [-0.05, 0) is 88.9 Å². The van der Waals surface area contributed by atoms with Gasteiger partial charge in [-0.2, -0.15) is 0 Å². The number of rotatable bonds is 8. The van der Waals surface area contributed by atoms with Crippen molar-refractivity contribution in [2.75, 3.05) is 34.0 Å². The summed E-state index contributed by atoms with van der Waals surface area (Å²) in [6, 6.07) is 0. The minimum Gasteiger partial charge on any atom is -0.385 e. The van der Waals surface area contributed by atoms with Crippen LogP contribution in [-0.2, 0) is 23.7 Å². The van der Waals surface area contributed by atoms with Gasteiger partial charge in [0.25, 0.3) is 0 Å². The van der Waals surface area contributed by atoms with E-state index in [0.29, 0.717) is 30.0 Å². The van der Waals surface area contributed by atoms with Crippen LogP contribution in [0.25, 0.3) is 0 Å². The molecule has 228 valence electrons. The van der Waals surface area contributed by atoms with Crippen molar-refractivity contribution in [3.05, 3.63) is 0 Å². The molecule has 0 N–H and O–H groups in total. The second kappa shape index (κ2) is 16.3. The highest BCUT2D eigenvalue weighted by atomic mass is 16.6. The van der Waals surface area contributed by atoms with Gasteiger partial charge in [-0.25, -0.2) is 0 Å². The predicted molar refractivity (Wildman–Crippen MR) is 160 cm³/mol. The van der Waals surface area contributed by atoms with Crippen molar-refractivity contribution in [2.45, 2.75) is 138 Å². The second-order valence-corrected chi connectivity index (χ2v) is 13.6. The number of hydrogen-bond donors (Lipinski definition) is 0. The normalized spacial score (nSPS) is 36.8. The van der Waals surface area contributed by atoms with Gasteiger partial charge >= 0.3 is 0 Å². The molecule has 5 heteroatoms. The minimum atomic E-state index is 0.0203. The molecule has 8 atom stereocenters. The highest BCUT2D eigenvalue weighted by molar-refractivity contribution is 5.08. The predicted octanol–water partition coefficient (Wildman–Crippen LogP) is 8.04. The maximum atomic E-state index is 6.33. The molecule has 8 unspecified atom stereocenters. The summed E-state index contributed by atoms with van der Waals surface area (Å²) in [5.41, 5.74) is 0.263. The van der Waals surface area contributed by atoms with Crippen molar-refractivity contribution in [1.82, 2.24) is 0 Å². The Labute approximate surface area is 237 Å². The molecule has 3 heterocycles. The Morgan fingerprint density at radius 2 is 1.16 bits per heavy atom. The van der Waals surface area contributed by atoms with Gasteiger partial charge in [0.05, 0.1) is 36.1 Å². The van der Waals surface area contributed by atoms with Crippen LogP contribution in [0.2, 0.25) is 0 Å². The van der Waals surface area contributed by atoms with Crippen molar-refractivity contribution >= 4 is 0 Å². The van der Waals surface area contributed by atoms with Gasteiger partial charge in [0, 0.05) is 33.4 Å². The third-order valence-electron chi connectivity index (χ3n) is 8.88. The smallest absolute Gasteiger partial charge is 0.0978 e. The number of fused-ring (bicyclic) bond motifs is 4. The Kier molecular flexibility index (Phi) is 15.4. The molecule has 0 aromatic heterocycles. The quantitative estimate of drug-likeness (QED) is 0.311. The van der Waals surface area contributed by atoms with Crippen molar-refractivity contribution in [1.29, 1.82) is 0 Å². The first kappa shape index (κ1) is 35.8. The first-order valence-electron chi connectivity index (χ1n) is 15.7. The zero-order chi connectivity index (χ0) is 29.3. The molecule has 0 spiro atoms. The van der Waals surface area contributed by atoms with E-state index in [4.69, 9.17) is 14.2 Å². The third kappa shape index (κ3) is 8.90. The maximum absolute atomic E-state index is 6.33. The lowest BCUT2D eigenvalue weighted by molar-refractivity contribution is -0.143. The fraction of sp³-hybridized carbons (Fsp3) is 1.00. The van der Waals surface area contributed by atoms with Gasteiger partial charge in [0.1, 0.15) is 0 Å². The van der Waals surface area contributed by atoms with Gasteiger partial charge in [-0.1, -0.05) is 55.4 Å². The molecule has 4 bridgehead atoms. The van der Waals surface area contributed by atoms with E-state index in [1.54, 1.807) is 14.2 Å². The van der Waals surface area contributed by atoms with Gasteiger partial charge < -0.3 is 23.7 Å². The molecule has 5 nitrogen and oxygen atoms in total. The maximum Gasteiger partial charge on any atom is 0.0978 e. The van der Waals surface area contributed by atoms with Gasteiger partial charge in [-0.15, -0.1) is 0 Å². The fourth-order valence-corrected chi connectivity index (χ4v) is 7.98. The highest BCUT2D eigenvalue weighted by Gasteiger charge is 2.60. The zero-order valence-electron chi connectivity index (χ0n) is 27.8. The third-order valence-corrected chi connectivity index (χ3v) is 8.88. The summed E-state index contributed by atoms with van der Waals surface area (Å²) in [5, 5.41) is 0. The zero-order valence-corrected chi connectivity index (χ0v) is 27.8. The van der Waals surface area contributed by atoms with Crippen molar-refractivity contribution in [3.8, 4) is 0 Å². The molecule has 3 aliphatic heterocycles. The van der Waals surface area contributed by atoms with E-state index in [2.05, 4.69) is 78.7 Å². The minimum absolute atomic E-state index is 0.0203. The molecule has 0 aromatic carbocycles. The summed E-state index contributed by atoms with van der Waals surface area (Å²) in [4.78, 5) is 0. The van der Waals surface area contributed by atoms with Crippen molar-refractivity contribution in [3.63, 3.8) is 0 Å². The SMILES string of the molecule is CC(C)CC12CCC(C(C)O1)C2C(C)C.CC(C)CC12COC(C(C)O1)C2C(C)C.CCOC.CCOC. The molecule has 0 aromatic rings. The monoisotopic (exact) mass is 542 g/mol. The average molecular weight is 543 g/mol. The van der Waals surface area contributed by atoms with E-state index in [9.17, 15) is 0 Å². The van der Waals surface area contributed by atoms with Crippen LogP contribution in [0.1, 0.15) is 109 Å². The van der Waals surface area contributed by atoms with Crippen molar-refractivity contribution < 1.29 is 23.7 Å². The summed E-state index contributed by atoms with van der Waals surface area (Å²) in [6.07, 6.45) is 6.23. The topological polar surface area (TPSA) is 46.2 Å². The average Bonchev–Trinajstić information content (AvgIpc) is 3.51. The largest absolute Gasteiger partial charge is 0.385 e. The molecule has 4 rings (SSSR count). The fourth-order valence-electron chi connectivity index (χ4n) is 7.98. The van der Waals surface area contributed by atoms with Crippen LogP contribution in [0, 0.1) is 41.4 Å². The lowest BCUT2D eigenvalue weighted by atomic mass is 9.76. The second-order valence-electron chi connectivity index (χ2n) is 13.6. The Morgan fingerprint density at radius 3 is 1.53 bits per heavy atom. The van der Waals surface area contributed by atoms with Crippen LogP contribution in [0.15, 0.2) is 0 Å². The molecular formula is C33H66O5. The summed E-state index contributed by atoms with van der Waals surface area (Å²) in [7, 11) is 3.36. The first-order chi connectivity index (χ1) is 17.8. The van der Waals surface area contributed by atoms with Crippen LogP contribution in [0.4, 0.5) is 0 Å². The molecule has 3 saturated heterocycles. The standard InChI is InChI=1S/C14H26O.C13H24O2.2C3H8O/c1-9(2)8-14-7-6-12(11(5)15-14)13(14)10(3)4;1-8(2)6-13-7-14-12(10(5)15-13)11(13)9(3)4;2*1-3-4-2/h9-13H,6-8H2,1-5H3;8-12H,6-7H2,1-5H3;2*3H2,1-2H3. The van der Waals surface area contributed by atoms with E-state index in [1.807, 2.05) is 13.8 Å². The van der Waals surface area contributed by atoms with Crippen LogP contribution < -0.4 is 0 Å². The number of hydrogen-bond acceptors (Lipinski definition) is 5. The molecule has 0 radical (unpaired) electrons. The van der Waals surface area contributed by atoms with Crippen LogP contribution >= 0.6 is 0 Å². The molecule has 38 heavy (non-hydrogen) atoms. The molecule has 0 amide bonds. The van der Waals surface area contributed by atoms with Crippen LogP contribution in [0.3, 0.4) is 0 Å². The first-order valence-corrected chi connectivity index (χ1v) is 15.7. The van der Waals surface area contributed by atoms with E-state index in [0.717, 1.165) is 49.9 Å². The molecule has 1 aliphatic carbocycles. The Bertz CT molecular complexity index is 577. The van der Waals surface area contributed by atoms with Crippen LogP contribution in [-0.4, -0.2) is 63.6 Å². The summed E-state index contributed by atoms with van der Waals surface area (Å²) < 4.78 is 27.5. The Morgan fingerprint density at radius 1 is 0.711 bits per heavy atom. The Hall–Kier alpha value is -0.200. The highest BCUT2D eigenvalue weighted by Crippen LogP contribution is 2.57. The lowest BCUT2D eigenvalue weighted by Crippen LogP contribution is -2.40. The van der Waals surface area contributed by atoms with E-state index >= 15 is 0 Å². The van der Waals surface area contributed by atoms with Gasteiger partial charge in [0.2, 0.25) is 0 Å². The van der Waals surface area contributed by atoms with E-state index in [-0.39, 0.29) is 17.3 Å². The van der Waals surface area contributed by atoms with Crippen LogP contribution in [0.5, 0.6) is 0 Å². The number of methoxy groups -OCH3 is 2.